The zero-order valence-corrected chi connectivity index (χ0v) is 6.47. The van der Waals surface area contributed by atoms with E-state index in [4.69, 9.17) is 14.8 Å². The lowest BCUT2D eigenvalue weighted by Gasteiger charge is -2.07. The Kier molecular flexibility index (Phi) is 1.79. The van der Waals surface area contributed by atoms with E-state index >= 15 is 0 Å². The highest BCUT2D eigenvalue weighted by Gasteiger charge is 2.32. The Hall–Kier alpha value is -0.995. The van der Waals surface area contributed by atoms with Crippen molar-refractivity contribution < 1.29 is 14.8 Å². The number of fused-ring (bicyclic) bond motifs is 1. The first kappa shape index (κ1) is 7.64. The third-order valence-electron chi connectivity index (χ3n) is 2.00. The molecule has 2 N–H and O–H groups in total. The van der Waals surface area contributed by atoms with Crippen LogP contribution in [0.5, 0.6) is 5.75 Å². The molecule has 1 aliphatic heterocycles. The lowest BCUT2D eigenvalue weighted by atomic mass is 9.80. The van der Waals surface area contributed by atoms with Crippen molar-refractivity contribution in [2.75, 3.05) is 0 Å². The molecule has 1 aromatic carbocycles. The molecule has 3 nitrogen and oxygen atoms in total. The van der Waals surface area contributed by atoms with Crippen LogP contribution in [0.1, 0.15) is 5.56 Å². The molecule has 62 valence electrons. The van der Waals surface area contributed by atoms with E-state index in [1.54, 1.807) is 0 Å². The number of ether oxygens (including phenoxy) is 1. The zero-order chi connectivity index (χ0) is 8.55. The van der Waals surface area contributed by atoms with Gasteiger partial charge in [-0.3, -0.25) is 0 Å². The Balaban J connectivity index is 2.22. The topological polar surface area (TPSA) is 49.7 Å². The molecule has 0 saturated heterocycles. The van der Waals surface area contributed by atoms with Crippen LogP contribution in [0.25, 0.3) is 0 Å². The number of hydrogen-bond acceptors (Lipinski definition) is 3. The average Bonchev–Trinajstić information content (AvgIpc) is 2.46. The van der Waals surface area contributed by atoms with Gasteiger partial charge >= 0.3 is 7.12 Å². The second kappa shape index (κ2) is 2.81. The van der Waals surface area contributed by atoms with E-state index in [-0.39, 0.29) is 0 Å². The Labute approximate surface area is 70.8 Å². The number of rotatable bonds is 1. The summed E-state index contributed by atoms with van der Waals surface area (Å²) in [7, 11) is -1.39. The summed E-state index contributed by atoms with van der Waals surface area (Å²) in [5.41, 5.74) is 1.04. The van der Waals surface area contributed by atoms with Gasteiger partial charge in [0.15, 0.2) is 0 Å². The van der Waals surface area contributed by atoms with Crippen molar-refractivity contribution in [3.05, 3.63) is 29.8 Å². The van der Waals surface area contributed by atoms with E-state index in [1.165, 1.54) is 0 Å². The van der Waals surface area contributed by atoms with Gasteiger partial charge in [-0.05, 0) is 11.6 Å². The maximum atomic E-state index is 8.85. The van der Waals surface area contributed by atoms with Crippen molar-refractivity contribution in [1.82, 2.24) is 0 Å². The quantitative estimate of drug-likeness (QED) is 0.574. The monoisotopic (exact) mass is 164 g/mol. The standard InChI is InChI=1S/C8H9BO3/c10-9(11)8-5-6-3-1-2-4-7(6)12-8/h1-4,8,10-11H,5H2. The van der Waals surface area contributed by atoms with Crippen LogP contribution in [0.15, 0.2) is 24.3 Å². The summed E-state index contributed by atoms with van der Waals surface area (Å²) < 4.78 is 5.27. The third-order valence-corrected chi connectivity index (χ3v) is 2.00. The normalized spacial score (nSPS) is 20.0. The molecule has 1 unspecified atom stereocenters. The minimum absolute atomic E-state index is 0.498. The van der Waals surface area contributed by atoms with Crippen LogP contribution in [0.2, 0.25) is 0 Å². The second-order valence-electron chi connectivity index (χ2n) is 2.88. The molecule has 0 aromatic heterocycles. The Morgan fingerprint density at radius 2 is 2.08 bits per heavy atom. The van der Waals surface area contributed by atoms with E-state index < -0.39 is 13.1 Å². The molecule has 1 aliphatic rings. The molecule has 0 fully saturated rings. The first-order valence-corrected chi connectivity index (χ1v) is 3.88. The molecule has 1 atom stereocenters. The fraction of sp³-hybridized carbons (Fsp3) is 0.250. The van der Waals surface area contributed by atoms with Crippen molar-refractivity contribution in [2.24, 2.45) is 0 Å². The third kappa shape index (κ3) is 1.19. The van der Waals surface area contributed by atoms with Crippen LogP contribution in [0.4, 0.5) is 0 Å². The van der Waals surface area contributed by atoms with Gasteiger partial charge in [0.05, 0.1) is 0 Å². The van der Waals surface area contributed by atoms with E-state index in [2.05, 4.69) is 0 Å². The van der Waals surface area contributed by atoms with Gasteiger partial charge in [0, 0.05) is 6.42 Å². The minimum atomic E-state index is -1.39. The van der Waals surface area contributed by atoms with E-state index in [0.717, 1.165) is 11.3 Å². The summed E-state index contributed by atoms with van der Waals surface area (Å²) in [4.78, 5) is 0. The SMILES string of the molecule is OB(O)C1Cc2ccccc2O1. The Morgan fingerprint density at radius 3 is 2.75 bits per heavy atom. The molecule has 0 spiro atoms. The van der Waals surface area contributed by atoms with Crippen molar-refractivity contribution >= 4 is 7.12 Å². The maximum Gasteiger partial charge on any atom is 0.495 e. The van der Waals surface area contributed by atoms with Gasteiger partial charge in [-0.1, -0.05) is 18.2 Å². The fourth-order valence-corrected chi connectivity index (χ4v) is 1.38. The molecular weight excluding hydrogens is 155 g/mol. The van der Waals surface area contributed by atoms with Crippen LogP contribution in [0, 0.1) is 0 Å². The minimum Gasteiger partial charge on any atom is -0.492 e. The summed E-state index contributed by atoms with van der Waals surface area (Å²) in [6.45, 7) is 0. The predicted molar refractivity (Wildman–Crippen MR) is 44.8 cm³/mol. The number of hydrogen-bond donors (Lipinski definition) is 2. The molecule has 1 aromatic rings. The summed E-state index contributed by atoms with van der Waals surface area (Å²) in [6, 6.07) is 7.04. The van der Waals surface area contributed by atoms with E-state index in [9.17, 15) is 0 Å². The van der Waals surface area contributed by atoms with Gasteiger partial charge in [-0.15, -0.1) is 0 Å². The highest BCUT2D eigenvalue weighted by atomic mass is 16.5. The highest BCUT2D eigenvalue weighted by Crippen LogP contribution is 2.28. The van der Waals surface area contributed by atoms with E-state index in [0.29, 0.717) is 6.42 Å². The molecule has 2 rings (SSSR count). The Bertz CT molecular complexity index is 262. The van der Waals surface area contributed by atoms with Crippen LogP contribution in [-0.4, -0.2) is 23.2 Å². The first-order valence-electron chi connectivity index (χ1n) is 3.88. The van der Waals surface area contributed by atoms with E-state index in [1.807, 2.05) is 24.3 Å². The lowest BCUT2D eigenvalue weighted by Crippen LogP contribution is -2.34. The summed E-state index contributed by atoms with van der Waals surface area (Å²) in [5, 5.41) is 17.7. The van der Waals surface area contributed by atoms with Crippen molar-refractivity contribution in [1.29, 1.82) is 0 Å². The molecule has 4 heteroatoms. The van der Waals surface area contributed by atoms with Crippen LogP contribution in [0.3, 0.4) is 0 Å². The van der Waals surface area contributed by atoms with Gasteiger partial charge in [-0.2, -0.15) is 0 Å². The van der Waals surface area contributed by atoms with Crippen molar-refractivity contribution in [3.8, 4) is 5.75 Å². The first-order chi connectivity index (χ1) is 5.77. The lowest BCUT2D eigenvalue weighted by molar-refractivity contribution is 0.244. The van der Waals surface area contributed by atoms with Gasteiger partial charge in [0.25, 0.3) is 0 Å². The smallest absolute Gasteiger partial charge is 0.492 e. The predicted octanol–water partition coefficient (Wildman–Crippen LogP) is 0.00210. The number of para-hydroxylation sites is 1. The van der Waals surface area contributed by atoms with Gasteiger partial charge in [0.1, 0.15) is 11.8 Å². The van der Waals surface area contributed by atoms with Crippen LogP contribution >= 0.6 is 0 Å². The summed E-state index contributed by atoms with van der Waals surface area (Å²) >= 11 is 0. The van der Waals surface area contributed by atoms with Gasteiger partial charge in [0.2, 0.25) is 0 Å². The number of benzene rings is 1. The summed E-state index contributed by atoms with van der Waals surface area (Å²) in [6.07, 6.45) is 0.577. The van der Waals surface area contributed by atoms with Crippen LogP contribution < -0.4 is 4.74 Å². The summed E-state index contributed by atoms with van der Waals surface area (Å²) in [5.74, 6) is 0.760. The molecule has 0 bridgehead atoms. The fourth-order valence-electron chi connectivity index (χ4n) is 1.38. The van der Waals surface area contributed by atoms with Crippen molar-refractivity contribution in [2.45, 2.75) is 12.4 Å². The molecule has 12 heavy (non-hydrogen) atoms. The molecule has 0 radical (unpaired) electrons. The molecule has 0 saturated carbocycles. The second-order valence-corrected chi connectivity index (χ2v) is 2.88. The largest absolute Gasteiger partial charge is 0.495 e. The molecular formula is C8H9BO3. The zero-order valence-electron chi connectivity index (χ0n) is 6.47. The van der Waals surface area contributed by atoms with Gasteiger partial charge < -0.3 is 14.8 Å². The average molecular weight is 164 g/mol. The van der Waals surface area contributed by atoms with Gasteiger partial charge in [-0.25, -0.2) is 0 Å². The van der Waals surface area contributed by atoms with Crippen LogP contribution in [-0.2, 0) is 6.42 Å². The molecule has 0 aliphatic carbocycles. The maximum absolute atomic E-state index is 8.85. The Morgan fingerprint density at radius 1 is 1.33 bits per heavy atom. The van der Waals surface area contributed by atoms with Crippen molar-refractivity contribution in [3.63, 3.8) is 0 Å². The molecule has 1 heterocycles. The molecule has 0 amide bonds. The highest BCUT2D eigenvalue weighted by molar-refractivity contribution is 6.43.